The van der Waals surface area contributed by atoms with Crippen molar-refractivity contribution in [3.8, 4) is 11.6 Å². The van der Waals surface area contributed by atoms with Gasteiger partial charge in [-0.1, -0.05) is 39.0 Å². The molecule has 0 saturated heterocycles. The van der Waals surface area contributed by atoms with Gasteiger partial charge in [-0.2, -0.15) is 5.10 Å². The Bertz CT molecular complexity index is 623. The summed E-state index contributed by atoms with van der Waals surface area (Å²) in [6.07, 6.45) is 0.771. The van der Waals surface area contributed by atoms with Gasteiger partial charge in [-0.3, -0.25) is 0 Å². The van der Waals surface area contributed by atoms with E-state index >= 15 is 0 Å². The maximum Gasteiger partial charge on any atom is 0.221 e. The van der Waals surface area contributed by atoms with Gasteiger partial charge in [-0.25, -0.2) is 4.68 Å². The minimum absolute atomic E-state index is 0.0261. The average Bonchev–Trinajstić information content (AvgIpc) is 2.66. The zero-order valence-corrected chi connectivity index (χ0v) is 13.6. The molecule has 1 aromatic carbocycles. The van der Waals surface area contributed by atoms with Crippen LogP contribution >= 0.6 is 0 Å². The number of hydrogen-bond donors (Lipinski definition) is 1. The highest BCUT2D eigenvalue weighted by Gasteiger charge is 2.21. The number of nitrogens with zero attached hydrogens (tertiary/aromatic N) is 2. The van der Waals surface area contributed by atoms with E-state index < -0.39 is 0 Å². The molecular formula is C17H25N3O. The molecule has 4 heteroatoms. The number of hydrogen-bond acceptors (Lipinski definition) is 3. The molecule has 2 rings (SSSR count). The van der Waals surface area contributed by atoms with Gasteiger partial charge in [0.05, 0.1) is 5.69 Å². The summed E-state index contributed by atoms with van der Waals surface area (Å²) in [5.74, 6) is 1.67. The summed E-state index contributed by atoms with van der Waals surface area (Å²) in [4.78, 5) is 0. The molecule has 1 aromatic heterocycles. The third-order valence-electron chi connectivity index (χ3n) is 3.58. The molecule has 4 nitrogen and oxygen atoms in total. The molecule has 0 aliphatic heterocycles. The molecule has 2 N–H and O–H groups in total. The summed E-state index contributed by atoms with van der Waals surface area (Å²) in [5, 5.41) is 4.45. The normalized spacial score (nSPS) is 11.7. The number of ether oxygens (including phenoxy) is 1. The van der Waals surface area contributed by atoms with Crippen LogP contribution in [0.5, 0.6) is 11.6 Å². The maximum absolute atomic E-state index is 6.22. The third-order valence-corrected chi connectivity index (χ3v) is 3.58. The van der Waals surface area contributed by atoms with Crippen LogP contribution in [-0.2, 0) is 18.9 Å². The lowest BCUT2D eigenvalue weighted by Crippen LogP contribution is -2.13. The monoisotopic (exact) mass is 287 g/mol. The van der Waals surface area contributed by atoms with E-state index in [9.17, 15) is 0 Å². The summed E-state index contributed by atoms with van der Waals surface area (Å²) >= 11 is 0. The van der Waals surface area contributed by atoms with E-state index in [4.69, 9.17) is 10.5 Å². The smallest absolute Gasteiger partial charge is 0.221 e. The van der Waals surface area contributed by atoms with Gasteiger partial charge < -0.3 is 10.5 Å². The second-order valence-electron chi connectivity index (χ2n) is 6.38. The van der Waals surface area contributed by atoms with Crippen LogP contribution in [-0.4, -0.2) is 16.3 Å². The fourth-order valence-corrected chi connectivity index (χ4v) is 2.52. The number of nitrogens with two attached hydrogens (primary N) is 1. The second-order valence-corrected chi connectivity index (χ2v) is 6.38. The minimum Gasteiger partial charge on any atom is -0.439 e. The van der Waals surface area contributed by atoms with Crippen LogP contribution in [0, 0.1) is 6.92 Å². The Morgan fingerprint density at radius 3 is 2.52 bits per heavy atom. The van der Waals surface area contributed by atoms with Crippen molar-refractivity contribution >= 4 is 0 Å². The summed E-state index contributed by atoms with van der Waals surface area (Å²) in [7, 11) is 1.90. The molecule has 0 atom stereocenters. The van der Waals surface area contributed by atoms with Crippen LogP contribution in [0.2, 0.25) is 0 Å². The molecule has 0 saturated carbocycles. The standard InChI is InChI=1S/C17H25N3O/c1-12-13(10-11-18)16(20(5)19-12)21-15-9-7-6-8-14(15)17(2,3)4/h6-9H,10-11,18H2,1-5H3. The van der Waals surface area contributed by atoms with E-state index in [2.05, 4.69) is 31.9 Å². The molecule has 114 valence electrons. The molecule has 0 amide bonds. The quantitative estimate of drug-likeness (QED) is 0.938. The van der Waals surface area contributed by atoms with Crippen LogP contribution in [0.25, 0.3) is 0 Å². The predicted octanol–water partition coefficient (Wildman–Crippen LogP) is 3.32. The average molecular weight is 287 g/mol. The van der Waals surface area contributed by atoms with Gasteiger partial charge in [0.25, 0.3) is 0 Å². The van der Waals surface area contributed by atoms with Crippen LogP contribution in [0.15, 0.2) is 24.3 Å². The van der Waals surface area contributed by atoms with Crippen molar-refractivity contribution in [3.05, 3.63) is 41.1 Å². The summed E-state index contributed by atoms with van der Waals surface area (Å²) < 4.78 is 8.01. The number of rotatable bonds is 4. The van der Waals surface area contributed by atoms with Crippen molar-refractivity contribution in [3.63, 3.8) is 0 Å². The van der Waals surface area contributed by atoms with E-state index in [1.165, 1.54) is 5.56 Å². The molecule has 0 bridgehead atoms. The first kappa shape index (κ1) is 15.6. The molecule has 0 aliphatic carbocycles. The van der Waals surface area contributed by atoms with Gasteiger partial charge in [0.15, 0.2) is 0 Å². The molecule has 1 heterocycles. The van der Waals surface area contributed by atoms with Crippen molar-refractivity contribution in [2.75, 3.05) is 6.54 Å². The molecule has 0 unspecified atom stereocenters. The van der Waals surface area contributed by atoms with Gasteiger partial charge in [0.2, 0.25) is 5.88 Å². The van der Waals surface area contributed by atoms with Crippen molar-refractivity contribution in [1.29, 1.82) is 0 Å². The highest BCUT2D eigenvalue weighted by atomic mass is 16.5. The molecule has 0 radical (unpaired) electrons. The Kier molecular flexibility index (Phi) is 4.37. The Morgan fingerprint density at radius 1 is 1.24 bits per heavy atom. The number of aryl methyl sites for hydroxylation is 2. The zero-order valence-electron chi connectivity index (χ0n) is 13.6. The Morgan fingerprint density at radius 2 is 1.90 bits per heavy atom. The summed E-state index contributed by atoms with van der Waals surface area (Å²) in [5.41, 5.74) is 8.98. The van der Waals surface area contributed by atoms with Crippen LogP contribution in [0.4, 0.5) is 0 Å². The number of aromatic nitrogens is 2. The molecule has 21 heavy (non-hydrogen) atoms. The van der Waals surface area contributed by atoms with E-state index in [0.717, 1.165) is 29.3 Å². The van der Waals surface area contributed by atoms with Crippen molar-refractivity contribution in [2.45, 2.75) is 39.5 Å². The Labute approximate surface area is 126 Å². The summed E-state index contributed by atoms with van der Waals surface area (Å²) in [6, 6.07) is 8.16. The van der Waals surface area contributed by atoms with Gasteiger partial charge >= 0.3 is 0 Å². The van der Waals surface area contributed by atoms with E-state index in [-0.39, 0.29) is 5.41 Å². The number of benzene rings is 1. The first-order valence-corrected chi connectivity index (χ1v) is 7.34. The molecule has 0 fully saturated rings. The Hall–Kier alpha value is -1.81. The SMILES string of the molecule is Cc1nn(C)c(Oc2ccccc2C(C)(C)C)c1CCN. The largest absolute Gasteiger partial charge is 0.439 e. The van der Waals surface area contributed by atoms with Crippen molar-refractivity contribution in [2.24, 2.45) is 12.8 Å². The lowest BCUT2D eigenvalue weighted by molar-refractivity contribution is 0.410. The zero-order chi connectivity index (χ0) is 15.6. The Balaban J connectivity index is 2.44. The first-order chi connectivity index (χ1) is 9.84. The van der Waals surface area contributed by atoms with Crippen molar-refractivity contribution in [1.82, 2.24) is 9.78 Å². The van der Waals surface area contributed by atoms with E-state index in [1.54, 1.807) is 4.68 Å². The first-order valence-electron chi connectivity index (χ1n) is 7.34. The molecular weight excluding hydrogens is 262 g/mol. The topological polar surface area (TPSA) is 53.1 Å². The van der Waals surface area contributed by atoms with Crippen LogP contribution in [0.1, 0.15) is 37.6 Å². The maximum atomic E-state index is 6.22. The van der Waals surface area contributed by atoms with Gasteiger partial charge in [-0.15, -0.1) is 0 Å². The minimum atomic E-state index is 0.0261. The van der Waals surface area contributed by atoms with Crippen LogP contribution < -0.4 is 10.5 Å². The van der Waals surface area contributed by atoms with Gasteiger partial charge in [-0.05, 0) is 31.4 Å². The van der Waals surface area contributed by atoms with Crippen molar-refractivity contribution < 1.29 is 4.74 Å². The molecule has 0 spiro atoms. The lowest BCUT2D eigenvalue weighted by Gasteiger charge is -2.22. The van der Waals surface area contributed by atoms with E-state index in [0.29, 0.717) is 6.54 Å². The second kappa shape index (κ2) is 5.90. The molecule has 2 aromatic rings. The predicted molar refractivity (Wildman–Crippen MR) is 85.9 cm³/mol. The highest BCUT2D eigenvalue weighted by Crippen LogP contribution is 2.35. The fourth-order valence-electron chi connectivity index (χ4n) is 2.52. The van der Waals surface area contributed by atoms with E-state index in [1.807, 2.05) is 32.2 Å². The van der Waals surface area contributed by atoms with Gasteiger partial charge in [0, 0.05) is 18.2 Å². The lowest BCUT2D eigenvalue weighted by atomic mass is 9.86. The third kappa shape index (κ3) is 3.27. The summed E-state index contributed by atoms with van der Waals surface area (Å²) in [6.45, 7) is 9.14. The molecule has 0 aliphatic rings. The van der Waals surface area contributed by atoms with Gasteiger partial charge in [0.1, 0.15) is 5.75 Å². The van der Waals surface area contributed by atoms with Crippen LogP contribution in [0.3, 0.4) is 0 Å². The highest BCUT2D eigenvalue weighted by molar-refractivity contribution is 5.42. The fraction of sp³-hybridized carbons (Fsp3) is 0.471. The number of para-hydroxylation sites is 1.